The Bertz CT molecular complexity index is 1350. The van der Waals surface area contributed by atoms with Crippen LogP contribution in [0.25, 0.3) is 0 Å². The number of aryl methyl sites for hydroxylation is 1. The Morgan fingerprint density at radius 1 is 0.879 bits per heavy atom. The summed E-state index contributed by atoms with van der Waals surface area (Å²) in [4.78, 5) is 32.1. The number of carbonyl (C=O) groups excluding carboxylic acids is 2. The summed E-state index contributed by atoms with van der Waals surface area (Å²) >= 11 is 0. The van der Waals surface area contributed by atoms with E-state index in [0.717, 1.165) is 28.2 Å². The second-order valence-corrected chi connectivity index (χ2v) is 7.89. The average molecular weight is 434 g/mol. The number of aromatic nitrogens is 1. The van der Waals surface area contributed by atoms with Gasteiger partial charge in [-0.25, -0.2) is 4.98 Å². The standard InChI is InChI=1S/C27H22N4O2/c1-18-8-2-4-10-21(18)26(32)30-25-15-14-19(16-28-25)27(33)31-17-20-9-3-5-11-22(20)29-23-12-6-7-13-24(23)31/h2-16,29H,17H2,1H3,(H,28,30,32). The highest BCUT2D eigenvalue weighted by Gasteiger charge is 2.25. The summed E-state index contributed by atoms with van der Waals surface area (Å²) in [6.45, 7) is 2.32. The van der Waals surface area contributed by atoms with E-state index in [9.17, 15) is 9.59 Å². The zero-order valence-electron chi connectivity index (χ0n) is 18.1. The van der Waals surface area contributed by atoms with Gasteiger partial charge in [-0.3, -0.25) is 9.59 Å². The largest absolute Gasteiger partial charge is 0.354 e. The maximum absolute atomic E-state index is 13.5. The molecule has 0 atom stereocenters. The van der Waals surface area contributed by atoms with Gasteiger partial charge in [0.25, 0.3) is 11.8 Å². The van der Waals surface area contributed by atoms with Crippen LogP contribution in [0.1, 0.15) is 31.8 Å². The lowest BCUT2D eigenvalue weighted by atomic mass is 10.1. The van der Waals surface area contributed by atoms with E-state index in [-0.39, 0.29) is 11.8 Å². The molecule has 0 saturated carbocycles. The molecular weight excluding hydrogens is 412 g/mol. The topological polar surface area (TPSA) is 74.3 Å². The van der Waals surface area contributed by atoms with Crippen molar-refractivity contribution in [2.75, 3.05) is 15.5 Å². The van der Waals surface area contributed by atoms with Gasteiger partial charge >= 0.3 is 0 Å². The number of anilines is 4. The maximum Gasteiger partial charge on any atom is 0.260 e. The molecule has 0 spiro atoms. The van der Waals surface area contributed by atoms with E-state index in [2.05, 4.69) is 15.6 Å². The smallest absolute Gasteiger partial charge is 0.260 e. The van der Waals surface area contributed by atoms with E-state index in [1.54, 1.807) is 23.1 Å². The normalized spacial score (nSPS) is 12.1. The van der Waals surface area contributed by atoms with Gasteiger partial charge in [-0.05, 0) is 54.4 Å². The molecule has 0 radical (unpaired) electrons. The molecule has 6 heteroatoms. The first-order valence-corrected chi connectivity index (χ1v) is 10.7. The van der Waals surface area contributed by atoms with Gasteiger partial charge in [-0.15, -0.1) is 0 Å². The fraction of sp³-hybridized carbons (Fsp3) is 0.0741. The minimum Gasteiger partial charge on any atom is -0.354 e. The number of benzene rings is 3. The Balaban J connectivity index is 1.40. The Morgan fingerprint density at radius 3 is 2.39 bits per heavy atom. The molecule has 3 aromatic carbocycles. The molecule has 2 amide bonds. The van der Waals surface area contributed by atoms with E-state index in [0.29, 0.717) is 23.5 Å². The van der Waals surface area contributed by atoms with Crippen LogP contribution < -0.4 is 15.5 Å². The van der Waals surface area contributed by atoms with Crippen molar-refractivity contribution in [2.24, 2.45) is 0 Å². The summed E-state index contributed by atoms with van der Waals surface area (Å²) in [5.41, 5.74) is 5.59. The highest BCUT2D eigenvalue weighted by atomic mass is 16.2. The fourth-order valence-electron chi connectivity index (χ4n) is 3.94. The Hall–Kier alpha value is -4.45. The number of rotatable bonds is 3. The Kier molecular flexibility index (Phi) is 5.32. The zero-order valence-corrected chi connectivity index (χ0v) is 18.1. The van der Waals surface area contributed by atoms with E-state index < -0.39 is 0 Å². The number of nitrogens with zero attached hydrogens (tertiary/aromatic N) is 2. The summed E-state index contributed by atoms with van der Waals surface area (Å²) in [5.74, 6) is -0.00267. The van der Waals surface area contributed by atoms with Crippen molar-refractivity contribution >= 4 is 34.7 Å². The molecule has 162 valence electrons. The van der Waals surface area contributed by atoms with Gasteiger partial charge in [-0.1, -0.05) is 48.5 Å². The minimum absolute atomic E-state index is 0.162. The highest BCUT2D eigenvalue weighted by Crippen LogP contribution is 2.36. The van der Waals surface area contributed by atoms with Gasteiger partial charge in [-0.2, -0.15) is 0 Å². The molecule has 1 aliphatic heterocycles. The lowest BCUT2D eigenvalue weighted by Crippen LogP contribution is -2.30. The molecule has 0 fully saturated rings. The van der Waals surface area contributed by atoms with Gasteiger partial charge in [0.1, 0.15) is 5.82 Å². The second-order valence-electron chi connectivity index (χ2n) is 7.89. The summed E-state index contributed by atoms with van der Waals surface area (Å²) < 4.78 is 0. The molecule has 4 aromatic rings. The van der Waals surface area contributed by atoms with Crippen LogP contribution in [-0.4, -0.2) is 16.8 Å². The molecule has 2 N–H and O–H groups in total. The third-order valence-electron chi connectivity index (χ3n) is 5.70. The number of amides is 2. The predicted octanol–water partition coefficient (Wildman–Crippen LogP) is 5.55. The number of hydrogen-bond acceptors (Lipinski definition) is 4. The van der Waals surface area contributed by atoms with Crippen molar-refractivity contribution in [1.29, 1.82) is 0 Å². The molecule has 0 aliphatic carbocycles. The van der Waals surface area contributed by atoms with Crippen molar-refractivity contribution < 1.29 is 9.59 Å². The van der Waals surface area contributed by atoms with Crippen LogP contribution in [-0.2, 0) is 6.54 Å². The van der Waals surface area contributed by atoms with Gasteiger partial charge in [0, 0.05) is 17.4 Å². The van der Waals surface area contributed by atoms with Crippen LogP contribution in [0.2, 0.25) is 0 Å². The van der Waals surface area contributed by atoms with Crippen molar-refractivity contribution in [3.8, 4) is 0 Å². The average Bonchev–Trinajstić information content (AvgIpc) is 3.01. The summed E-state index contributed by atoms with van der Waals surface area (Å²) in [6, 6.07) is 26.4. The molecule has 33 heavy (non-hydrogen) atoms. The monoisotopic (exact) mass is 434 g/mol. The van der Waals surface area contributed by atoms with Crippen LogP contribution in [0.4, 0.5) is 22.9 Å². The molecule has 5 rings (SSSR count). The quantitative estimate of drug-likeness (QED) is 0.444. The van der Waals surface area contributed by atoms with E-state index in [1.807, 2.05) is 73.7 Å². The SMILES string of the molecule is Cc1ccccc1C(=O)Nc1ccc(C(=O)N2Cc3ccccc3Nc3ccccc32)cn1. The van der Waals surface area contributed by atoms with Crippen molar-refractivity contribution in [1.82, 2.24) is 4.98 Å². The number of para-hydroxylation sites is 3. The maximum atomic E-state index is 13.5. The summed E-state index contributed by atoms with van der Waals surface area (Å²) in [6.07, 6.45) is 1.50. The Morgan fingerprint density at radius 2 is 1.61 bits per heavy atom. The molecule has 6 nitrogen and oxygen atoms in total. The van der Waals surface area contributed by atoms with Crippen molar-refractivity contribution in [3.05, 3.63) is 113 Å². The molecule has 0 saturated heterocycles. The molecule has 1 aliphatic rings. The van der Waals surface area contributed by atoms with Gasteiger partial charge < -0.3 is 15.5 Å². The van der Waals surface area contributed by atoms with Crippen LogP contribution >= 0.6 is 0 Å². The first-order chi connectivity index (χ1) is 16.1. The number of hydrogen-bond donors (Lipinski definition) is 2. The van der Waals surface area contributed by atoms with Crippen LogP contribution in [0.15, 0.2) is 91.1 Å². The third-order valence-corrected chi connectivity index (χ3v) is 5.70. The number of carbonyl (C=O) groups is 2. The van der Waals surface area contributed by atoms with Crippen molar-refractivity contribution in [2.45, 2.75) is 13.5 Å². The lowest BCUT2D eigenvalue weighted by molar-refractivity contribution is 0.0984. The van der Waals surface area contributed by atoms with Gasteiger partial charge in [0.2, 0.25) is 0 Å². The molecule has 1 aromatic heterocycles. The number of fused-ring (bicyclic) bond motifs is 2. The highest BCUT2D eigenvalue weighted by molar-refractivity contribution is 6.09. The third kappa shape index (κ3) is 4.06. The first kappa shape index (κ1) is 20.5. The van der Waals surface area contributed by atoms with Gasteiger partial charge in [0.15, 0.2) is 0 Å². The van der Waals surface area contributed by atoms with Crippen LogP contribution in [0.3, 0.4) is 0 Å². The fourth-order valence-corrected chi connectivity index (χ4v) is 3.94. The summed E-state index contributed by atoms with van der Waals surface area (Å²) in [5, 5.41) is 6.23. The Labute approximate surface area is 191 Å². The lowest BCUT2D eigenvalue weighted by Gasteiger charge is -2.22. The molecule has 2 heterocycles. The van der Waals surface area contributed by atoms with E-state index in [4.69, 9.17) is 0 Å². The molecular formula is C27H22N4O2. The minimum atomic E-state index is -0.233. The number of nitrogens with one attached hydrogen (secondary N) is 2. The molecule has 0 bridgehead atoms. The first-order valence-electron chi connectivity index (χ1n) is 10.7. The van der Waals surface area contributed by atoms with E-state index in [1.165, 1.54) is 6.20 Å². The second kappa shape index (κ2) is 8.59. The van der Waals surface area contributed by atoms with E-state index >= 15 is 0 Å². The number of pyridine rings is 1. The predicted molar refractivity (Wildman–Crippen MR) is 130 cm³/mol. The molecule has 0 unspecified atom stereocenters. The van der Waals surface area contributed by atoms with Crippen molar-refractivity contribution in [3.63, 3.8) is 0 Å². The summed E-state index contributed by atoms with van der Waals surface area (Å²) in [7, 11) is 0. The van der Waals surface area contributed by atoms with Gasteiger partial charge in [0.05, 0.1) is 23.5 Å². The van der Waals surface area contributed by atoms with Crippen LogP contribution in [0, 0.1) is 6.92 Å². The van der Waals surface area contributed by atoms with Crippen LogP contribution in [0.5, 0.6) is 0 Å². The zero-order chi connectivity index (χ0) is 22.8.